The summed E-state index contributed by atoms with van der Waals surface area (Å²) in [6.07, 6.45) is 0.237. The summed E-state index contributed by atoms with van der Waals surface area (Å²) in [6, 6.07) is 10.3. The predicted octanol–water partition coefficient (Wildman–Crippen LogP) is 2.57. The second kappa shape index (κ2) is 4.17. The van der Waals surface area contributed by atoms with Crippen molar-refractivity contribution in [3.63, 3.8) is 0 Å². The topological polar surface area (TPSA) is 20.2 Å². The molecule has 0 fully saturated rings. The lowest BCUT2D eigenvalue weighted by molar-refractivity contribution is 0.357. The standard InChI is InChI=1S/C11H17BrOSi/c1-11(2,3)14(12,9-13)10-7-5-4-6-8-10/h4-8,13H,9H2,1-3H3. The molecule has 0 aromatic heterocycles. The van der Waals surface area contributed by atoms with Crippen molar-refractivity contribution in [3.8, 4) is 0 Å². The van der Waals surface area contributed by atoms with Crippen molar-refractivity contribution in [2.45, 2.75) is 25.8 Å². The molecule has 14 heavy (non-hydrogen) atoms. The number of aliphatic hydroxyl groups excluding tert-OH is 1. The van der Waals surface area contributed by atoms with Crippen molar-refractivity contribution in [2.75, 3.05) is 6.23 Å². The molecule has 1 aromatic rings. The van der Waals surface area contributed by atoms with E-state index in [0.717, 1.165) is 0 Å². The molecule has 0 aliphatic heterocycles. The zero-order valence-corrected chi connectivity index (χ0v) is 11.5. The third-order valence-electron chi connectivity index (χ3n) is 2.64. The van der Waals surface area contributed by atoms with Crippen LogP contribution in [0.4, 0.5) is 0 Å². The Kier molecular flexibility index (Phi) is 3.56. The first-order valence-corrected chi connectivity index (χ1v) is 9.23. The van der Waals surface area contributed by atoms with Gasteiger partial charge in [0.05, 0.1) is 6.23 Å². The molecule has 0 bridgehead atoms. The molecule has 1 unspecified atom stereocenters. The molecule has 0 saturated heterocycles. The lowest BCUT2D eigenvalue weighted by Gasteiger charge is -2.36. The minimum atomic E-state index is -1.93. The first-order valence-electron chi connectivity index (χ1n) is 4.77. The second-order valence-corrected chi connectivity index (χ2v) is 12.6. The van der Waals surface area contributed by atoms with Crippen LogP contribution in [0.3, 0.4) is 0 Å². The summed E-state index contributed by atoms with van der Waals surface area (Å²) in [5, 5.41) is 11.0. The van der Waals surface area contributed by atoms with Gasteiger partial charge in [0.15, 0.2) is 6.69 Å². The van der Waals surface area contributed by atoms with E-state index in [1.54, 1.807) is 0 Å². The zero-order valence-electron chi connectivity index (χ0n) is 8.92. The van der Waals surface area contributed by atoms with Crippen LogP contribution in [0.15, 0.2) is 30.3 Å². The normalized spacial score (nSPS) is 16.4. The molecule has 1 N–H and O–H groups in total. The van der Waals surface area contributed by atoms with Gasteiger partial charge in [0.2, 0.25) is 0 Å². The minimum absolute atomic E-state index is 0.114. The Morgan fingerprint density at radius 1 is 1.21 bits per heavy atom. The van der Waals surface area contributed by atoms with Gasteiger partial charge in [-0.05, 0) is 10.2 Å². The molecule has 1 nitrogen and oxygen atoms in total. The molecule has 1 aromatic carbocycles. The van der Waals surface area contributed by atoms with Gasteiger partial charge in [-0.25, -0.2) is 0 Å². The van der Waals surface area contributed by atoms with E-state index in [9.17, 15) is 5.11 Å². The number of rotatable bonds is 2. The van der Waals surface area contributed by atoms with Crippen LogP contribution >= 0.6 is 15.3 Å². The monoisotopic (exact) mass is 272 g/mol. The van der Waals surface area contributed by atoms with Crippen LogP contribution in [-0.2, 0) is 0 Å². The van der Waals surface area contributed by atoms with Gasteiger partial charge in [-0.15, -0.1) is 15.3 Å². The summed E-state index contributed by atoms with van der Waals surface area (Å²) in [4.78, 5) is 0. The van der Waals surface area contributed by atoms with E-state index in [4.69, 9.17) is 0 Å². The molecule has 0 radical (unpaired) electrons. The molecule has 0 heterocycles. The number of benzene rings is 1. The van der Waals surface area contributed by atoms with E-state index < -0.39 is 6.69 Å². The fraction of sp³-hybridized carbons (Fsp3) is 0.455. The van der Waals surface area contributed by atoms with Gasteiger partial charge in [0.1, 0.15) is 0 Å². The highest BCUT2D eigenvalue weighted by Crippen LogP contribution is 2.39. The van der Waals surface area contributed by atoms with Crippen LogP contribution in [0, 0.1) is 0 Å². The van der Waals surface area contributed by atoms with Gasteiger partial charge in [0.25, 0.3) is 0 Å². The van der Waals surface area contributed by atoms with Gasteiger partial charge in [-0.3, -0.25) is 0 Å². The van der Waals surface area contributed by atoms with Crippen LogP contribution in [0.2, 0.25) is 5.04 Å². The molecule has 78 valence electrons. The van der Waals surface area contributed by atoms with Gasteiger partial charge >= 0.3 is 0 Å². The molecule has 0 aliphatic carbocycles. The van der Waals surface area contributed by atoms with Gasteiger partial charge in [0, 0.05) is 0 Å². The maximum Gasteiger partial charge on any atom is 0.191 e. The molecule has 0 saturated carbocycles. The zero-order chi connectivity index (χ0) is 10.8. The summed E-state index contributed by atoms with van der Waals surface area (Å²) in [7, 11) is 0. The lowest BCUT2D eigenvalue weighted by Crippen LogP contribution is -2.53. The average molecular weight is 273 g/mol. The van der Waals surface area contributed by atoms with Crippen molar-refractivity contribution in [2.24, 2.45) is 0 Å². The van der Waals surface area contributed by atoms with Crippen LogP contribution in [-0.4, -0.2) is 18.0 Å². The van der Waals surface area contributed by atoms with Crippen molar-refractivity contribution in [3.05, 3.63) is 30.3 Å². The van der Waals surface area contributed by atoms with E-state index in [2.05, 4.69) is 48.2 Å². The summed E-state index contributed by atoms with van der Waals surface area (Å²) in [6.45, 7) is 4.60. The van der Waals surface area contributed by atoms with Gasteiger partial charge < -0.3 is 5.11 Å². The van der Waals surface area contributed by atoms with Crippen molar-refractivity contribution in [1.82, 2.24) is 0 Å². The van der Waals surface area contributed by atoms with Gasteiger partial charge in [-0.1, -0.05) is 51.1 Å². The average Bonchev–Trinajstić information content (AvgIpc) is 2.16. The molecule has 1 rings (SSSR count). The molecular formula is C11H17BrOSi. The smallest absolute Gasteiger partial charge is 0.191 e. The number of aliphatic hydroxyl groups is 1. The van der Waals surface area contributed by atoms with Crippen LogP contribution in [0.5, 0.6) is 0 Å². The summed E-state index contributed by atoms with van der Waals surface area (Å²) in [5.74, 6) is 0. The number of halogens is 1. The molecule has 0 amide bonds. The Morgan fingerprint density at radius 3 is 2.07 bits per heavy atom. The number of hydrogen-bond acceptors (Lipinski definition) is 1. The first kappa shape index (κ1) is 11.9. The Balaban J connectivity index is 3.15. The summed E-state index contributed by atoms with van der Waals surface area (Å²) in [5.41, 5.74) is 0. The van der Waals surface area contributed by atoms with Gasteiger partial charge in [-0.2, -0.15) is 0 Å². The first-order chi connectivity index (χ1) is 6.42. The minimum Gasteiger partial charge on any atom is -0.398 e. The maximum atomic E-state index is 9.59. The SMILES string of the molecule is CC(C)(C)[Si](Br)(CO)c1ccccc1. The molecule has 0 aliphatic rings. The van der Waals surface area contributed by atoms with E-state index >= 15 is 0 Å². The molecule has 0 spiro atoms. The third kappa shape index (κ3) is 2.10. The summed E-state index contributed by atoms with van der Waals surface area (Å²) < 4.78 is 0. The largest absolute Gasteiger partial charge is 0.398 e. The van der Waals surface area contributed by atoms with Crippen molar-refractivity contribution >= 4 is 27.2 Å². The highest BCUT2D eigenvalue weighted by Gasteiger charge is 2.43. The molecular weight excluding hydrogens is 256 g/mol. The predicted molar refractivity (Wildman–Crippen MR) is 67.6 cm³/mol. The Hall–Kier alpha value is -0.123. The quantitative estimate of drug-likeness (QED) is 0.648. The van der Waals surface area contributed by atoms with E-state index in [0.29, 0.717) is 0 Å². The van der Waals surface area contributed by atoms with E-state index in [1.807, 2.05) is 18.2 Å². The van der Waals surface area contributed by atoms with Crippen molar-refractivity contribution < 1.29 is 5.11 Å². The van der Waals surface area contributed by atoms with Crippen LogP contribution in [0.25, 0.3) is 0 Å². The third-order valence-corrected chi connectivity index (χ3v) is 12.4. The number of hydrogen-bond donors (Lipinski definition) is 1. The van der Waals surface area contributed by atoms with Crippen LogP contribution < -0.4 is 5.19 Å². The van der Waals surface area contributed by atoms with E-state index in [1.165, 1.54) is 5.19 Å². The Bertz CT molecular complexity index is 294. The van der Waals surface area contributed by atoms with Crippen LogP contribution in [0.1, 0.15) is 20.8 Å². The second-order valence-electron chi connectivity index (χ2n) is 4.58. The Labute approximate surface area is 94.7 Å². The fourth-order valence-electron chi connectivity index (χ4n) is 1.46. The lowest BCUT2D eigenvalue weighted by atomic mass is 10.2. The van der Waals surface area contributed by atoms with Crippen molar-refractivity contribution in [1.29, 1.82) is 0 Å². The highest BCUT2D eigenvalue weighted by atomic mass is 79.9. The molecule has 1 atom stereocenters. The maximum absolute atomic E-state index is 9.59. The highest BCUT2D eigenvalue weighted by molar-refractivity contribution is 9.26. The Morgan fingerprint density at radius 2 is 1.71 bits per heavy atom. The van der Waals surface area contributed by atoms with E-state index in [-0.39, 0.29) is 11.3 Å². The summed E-state index contributed by atoms with van der Waals surface area (Å²) >= 11 is 3.80. The fourth-order valence-corrected chi connectivity index (χ4v) is 4.50. The molecule has 3 heteroatoms.